The summed E-state index contributed by atoms with van der Waals surface area (Å²) in [6, 6.07) is 7.57. The van der Waals surface area contributed by atoms with Crippen LogP contribution in [0.2, 0.25) is 0 Å². The van der Waals surface area contributed by atoms with Crippen LogP contribution < -0.4 is 0 Å². The van der Waals surface area contributed by atoms with Gasteiger partial charge in [-0.25, -0.2) is 0 Å². The summed E-state index contributed by atoms with van der Waals surface area (Å²) >= 11 is 8.19. The number of hydrogen-bond donors (Lipinski definition) is 0. The molecule has 0 N–H and O–H groups in total. The molecule has 0 radical (unpaired) electrons. The maximum atomic E-state index is 12.3. The number of hydrogen-bond acceptors (Lipinski definition) is 5. The fourth-order valence-electron chi connectivity index (χ4n) is 1.70. The van der Waals surface area contributed by atoms with E-state index in [1.807, 2.05) is 29.7 Å². The molecule has 2 aromatic rings. The van der Waals surface area contributed by atoms with Crippen LogP contribution >= 0.6 is 35.3 Å². The van der Waals surface area contributed by atoms with E-state index in [0.29, 0.717) is 15.8 Å². The third kappa shape index (κ3) is 2.65. The van der Waals surface area contributed by atoms with E-state index in [-0.39, 0.29) is 5.91 Å². The van der Waals surface area contributed by atoms with Gasteiger partial charge in [0.05, 0.1) is 17.7 Å². The second-order valence-corrected chi connectivity index (χ2v) is 6.52. The van der Waals surface area contributed by atoms with Crippen LogP contribution in [0.1, 0.15) is 10.6 Å². The van der Waals surface area contributed by atoms with Gasteiger partial charge in [-0.15, -0.1) is 11.3 Å². The van der Waals surface area contributed by atoms with E-state index in [4.69, 9.17) is 16.6 Å². The Bertz CT molecular complexity index is 629. The monoisotopic (exact) mass is 307 g/mol. The average Bonchev–Trinajstić information content (AvgIpc) is 3.10. The topological polar surface area (TPSA) is 33.5 Å². The molecule has 0 aromatic carbocycles. The predicted molar refractivity (Wildman–Crippen MR) is 81.7 cm³/mol. The lowest BCUT2D eigenvalue weighted by Crippen LogP contribution is -2.27. The number of carbonyl (C=O) groups excluding carboxylic acids is 1. The minimum absolute atomic E-state index is 0.0557. The van der Waals surface area contributed by atoms with Gasteiger partial charge >= 0.3 is 0 Å². The maximum absolute atomic E-state index is 12.3. The highest BCUT2D eigenvalue weighted by atomic mass is 32.2. The molecule has 0 saturated carbocycles. The third-order valence-corrected chi connectivity index (χ3v) is 4.78. The van der Waals surface area contributed by atoms with E-state index in [9.17, 15) is 4.79 Å². The summed E-state index contributed by atoms with van der Waals surface area (Å²) in [4.78, 5) is 15.6. The van der Waals surface area contributed by atoms with E-state index in [0.717, 1.165) is 10.6 Å². The number of thiophene rings is 1. The molecule has 1 saturated heterocycles. The summed E-state index contributed by atoms with van der Waals surface area (Å²) < 4.78 is 5.83. The Morgan fingerprint density at radius 3 is 2.95 bits per heavy atom. The lowest BCUT2D eigenvalue weighted by Gasteiger charge is -2.11. The SMILES string of the molecule is O=C1/C(=C\c2cccs2)SC(=S)N1Cc1ccco1. The Morgan fingerprint density at radius 2 is 2.26 bits per heavy atom. The molecule has 0 spiro atoms. The van der Waals surface area contributed by atoms with Gasteiger partial charge in [0.2, 0.25) is 0 Å². The standard InChI is InChI=1S/C13H9NO2S3/c15-12-11(7-10-4-2-6-18-10)19-13(17)14(12)8-9-3-1-5-16-9/h1-7H,8H2/b11-7+. The van der Waals surface area contributed by atoms with Crippen molar-refractivity contribution < 1.29 is 9.21 Å². The largest absolute Gasteiger partial charge is 0.467 e. The van der Waals surface area contributed by atoms with Crippen molar-refractivity contribution in [3.05, 3.63) is 51.5 Å². The zero-order chi connectivity index (χ0) is 13.2. The van der Waals surface area contributed by atoms with Gasteiger partial charge in [-0.2, -0.15) is 0 Å². The van der Waals surface area contributed by atoms with Gasteiger partial charge < -0.3 is 4.42 Å². The molecule has 19 heavy (non-hydrogen) atoms. The van der Waals surface area contributed by atoms with Crippen LogP contribution in [-0.4, -0.2) is 15.1 Å². The molecule has 96 valence electrons. The Balaban J connectivity index is 1.81. The molecule has 3 rings (SSSR count). The molecule has 0 unspecified atom stereocenters. The summed E-state index contributed by atoms with van der Waals surface area (Å²) in [6.45, 7) is 0.388. The number of thiocarbonyl (C=S) groups is 1. The van der Waals surface area contributed by atoms with E-state index in [1.165, 1.54) is 11.8 Å². The molecule has 6 heteroatoms. The van der Waals surface area contributed by atoms with Crippen LogP contribution in [0.25, 0.3) is 6.08 Å². The fraction of sp³-hybridized carbons (Fsp3) is 0.0769. The van der Waals surface area contributed by atoms with Gasteiger partial charge in [0.25, 0.3) is 5.91 Å². The van der Waals surface area contributed by atoms with E-state index >= 15 is 0 Å². The highest BCUT2D eigenvalue weighted by molar-refractivity contribution is 8.26. The lowest BCUT2D eigenvalue weighted by atomic mass is 10.3. The molecule has 1 aliphatic rings. The van der Waals surface area contributed by atoms with Crippen molar-refractivity contribution in [1.29, 1.82) is 0 Å². The minimum atomic E-state index is -0.0557. The van der Waals surface area contributed by atoms with Crippen LogP contribution in [0, 0.1) is 0 Å². The first-order valence-corrected chi connectivity index (χ1v) is 7.66. The molecule has 1 aliphatic heterocycles. The molecule has 0 atom stereocenters. The second-order valence-electron chi connectivity index (χ2n) is 3.86. The summed E-state index contributed by atoms with van der Waals surface area (Å²) in [5, 5.41) is 1.98. The summed E-state index contributed by atoms with van der Waals surface area (Å²) in [6.07, 6.45) is 3.47. The first-order chi connectivity index (χ1) is 9.24. The lowest BCUT2D eigenvalue weighted by molar-refractivity contribution is -0.122. The highest BCUT2D eigenvalue weighted by Gasteiger charge is 2.32. The molecular weight excluding hydrogens is 298 g/mol. The van der Waals surface area contributed by atoms with Crippen LogP contribution in [0.15, 0.2) is 45.2 Å². The quantitative estimate of drug-likeness (QED) is 0.639. The van der Waals surface area contributed by atoms with Crippen LogP contribution in [-0.2, 0) is 11.3 Å². The van der Waals surface area contributed by atoms with Gasteiger partial charge in [-0.05, 0) is 29.7 Å². The van der Waals surface area contributed by atoms with Crippen LogP contribution in [0.3, 0.4) is 0 Å². The van der Waals surface area contributed by atoms with Crippen molar-refractivity contribution in [3.8, 4) is 0 Å². The normalized spacial score (nSPS) is 17.7. The molecule has 2 aromatic heterocycles. The average molecular weight is 307 g/mol. The van der Waals surface area contributed by atoms with Crippen molar-refractivity contribution in [2.75, 3.05) is 0 Å². The number of nitrogens with zero attached hydrogens (tertiary/aromatic N) is 1. The van der Waals surface area contributed by atoms with Gasteiger partial charge in [0, 0.05) is 4.88 Å². The van der Waals surface area contributed by atoms with Crippen molar-refractivity contribution in [2.24, 2.45) is 0 Å². The second kappa shape index (κ2) is 5.32. The van der Waals surface area contributed by atoms with Crippen molar-refractivity contribution >= 4 is 51.6 Å². The molecule has 0 aliphatic carbocycles. The maximum Gasteiger partial charge on any atom is 0.266 e. The summed E-state index contributed by atoms with van der Waals surface area (Å²) in [5.41, 5.74) is 0. The number of furan rings is 1. The van der Waals surface area contributed by atoms with Crippen LogP contribution in [0.5, 0.6) is 0 Å². The zero-order valence-electron chi connectivity index (χ0n) is 9.74. The van der Waals surface area contributed by atoms with Crippen LogP contribution in [0.4, 0.5) is 0 Å². The fourth-order valence-corrected chi connectivity index (χ4v) is 3.68. The minimum Gasteiger partial charge on any atom is -0.467 e. The van der Waals surface area contributed by atoms with Crippen molar-refractivity contribution in [2.45, 2.75) is 6.54 Å². The van der Waals surface area contributed by atoms with Gasteiger partial charge in [0.15, 0.2) is 0 Å². The Hall–Kier alpha value is -1.37. The number of rotatable bonds is 3. The Kier molecular flexibility index (Phi) is 3.54. The van der Waals surface area contributed by atoms with Gasteiger partial charge in [-0.1, -0.05) is 30.0 Å². The predicted octanol–water partition coefficient (Wildman–Crippen LogP) is 3.74. The number of thioether (sulfide) groups is 1. The Labute approximate surface area is 123 Å². The Morgan fingerprint density at radius 1 is 1.37 bits per heavy atom. The number of carbonyl (C=O) groups is 1. The van der Waals surface area contributed by atoms with E-state index in [1.54, 1.807) is 28.6 Å². The van der Waals surface area contributed by atoms with Gasteiger partial charge in [-0.3, -0.25) is 9.69 Å². The summed E-state index contributed by atoms with van der Waals surface area (Å²) in [7, 11) is 0. The molecule has 1 amide bonds. The van der Waals surface area contributed by atoms with E-state index < -0.39 is 0 Å². The van der Waals surface area contributed by atoms with E-state index in [2.05, 4.69) is 0 Å². The molecule has 0 bridgehead atoms. The summed E-state index contributed by atoms with van der Waals surface area (Å²) in [5.74, 6) is 0.675. The highest BCUT2D eigenvalue weighted by Crippen LogP contribution is 2.34. The van der Waals surface area contributed by atoms with Crippen molar-refractivity contribution in [1.82, 2.24) is 4.90 Å². The zero-order valence-corrected chi connectivity index (χ0v) is 12.2. The number of amides is 1. The smallest absolute Gasteiger partial charge is 0.266 e. The first-order valence-electron chi connectivity index (χ1n) is 5.55. The van der Waals surface area contributed by atoms with Gasteiger partial charge in [0.1, 0.15) is 10.1 Å². The molecule has 3 nitrogen and oxygen atoms in total. The molecule has 1 fully saturated rings. The molecular formula is C13H9NO2S3. The third-order valence-electron chi connectivity index (χ3n) is 2.58. The van der Waals surface area contributed by atoms with Crippen molar-refractivity contribution in [3.63, 3.8) is 0 Å². The first kappa shape index (κ1) is 12.7. The molecule has 3 heterocycles.